The molecule has 4 rings (SSSR count). The monoisotopic (exact) mass is 547 g/mol. The van der Waals surface area contributed by atoms with Crippen LogP contribution < -0.4 is 9.46 Å². The molecule has 0 heterocycles. The lowest BCUT2D eigenvalue weighted by Crippen LogP contribution is -2.16. The molecular formula is C30H29NO5S2. The number of thioether (sulfide) groups is 1. The second-order valence-corrected chi connectivity index (χ2v) is 11.8. The summed E-state index contributed by atoms with van der Waals surface area (Å²) in [6.07, 6.45) is 0.837. The van der Waals surface area contributed by atoms with Gasteiger partial charge in [-0.1, -0.05) is 62.4 Å². The van der Waals surface area contributed by atoms with Crippen molar-refractivity contribution in [2.24, 2.45) is 0 Å². The zero-order chi connectivity index (χ0) is 27.1. The number of anilines is 1. The summed E-state index contributed by atoms with van der Waals surface area (Å²) in [5, 5.41) is 9.91. The van der Waals surface area contributed by atoms with Crippen molar-refractivity contribution in [3.63, 3.8) is 0 Å². The van der Waals surface area contributed by atoms with E-state index in [-0.39, 0.29) is 22.1 Å². The quantitative estimate of drug-likeness (QED) is 0.190. The fourth-order valence-corrected chi connectivity index (χ4v) is 6.16. The first kappa shape index (κ1) is 27.3. The molecule has 0 aromatic heterocycles. The number of hydrogen-bond acceptors (Lipinski definition) is 5. The van der Waals surface area contributed by atoms with Gasteiger partial charge in [0, 0.05) is 10.6 Å². The van der Waals surface area contributed by atoms with Crippen molar-refractivity contribution in [1.82, 2.24) is 0 Å². The minimum absolute atomic E-state index is 0.00154. The molecule has 0 saturated carbocycles. The molecule has 0 unspecified atom stereocenters. The summed E-state index contributed by atoms with van der Waals surface area (Å²) in [5.41, 5.74) is 2.04. The van der Waals surface area contributed by atoms with Gasteiger partial charge in [-0.3, -0.25) is 4.72 Å². The summed E-state index contributed by atoms with van der Waals surface area (Å²) < 4.78 is 34.6. The van der Waals surface area contributed by atoms with Gasteiger partial charge in [-0.25, -0.2) is 13.2 Å². The Morgan fingerprint density at radius 1 is 0.895 bits per heavy atom. The topological polar surface area (TPSA) is 92.7 Å². The molecule has 0 aliphatic carbocycles. The van der Waals surface area contributed by atoms with Gasteiger partial charge in [-0.05, 0) is 72.0 Å². The maximum absolute atomic E-state index is 13.2. The smallest absolute Gasteiger partial charge is 0.337 e. The molecule has 4 aromatic carbocycles. The molecule has 6 nitrogen and oxygen atoms in total. The zero-order valence-electron chi connectivity index (χ0n) is 21.1. The van der Waals surface area contributed by atoms with Gasteiger partial charge in [-0.2, -0.15) is 0 Å². The number of rotatable bonds is 11. The standard InChI is InChI=1S/C30H29NO5S2/c1-21(2)26-19-28(27(30(32)33)20-29(26)37-18-17-22-9-5-3-6-10-22)31-38(34,35)25-15-13-24(14-16-25)36-23-11-7-4-8-12-23/h3-16,19-21,31H,17-18H2,1-2H3,(H,32,33). The van der Waals surface area contributed by atoms with Crippen LogP contribution in [0.15, 0.2) is 107 Å². The number of nitrogens with one attached hydrogen (secondary N) is 1. The molecule has 0 bridgehead atoms. The van der Waals surface area contributed by atoms with Crippen molar-refractivity contribution in [1.29, 1.82) is 0 Å². The van der Waals surface area contributed by atoms with E-state index in [2.05, 4.69) is 16.9 Å². The number of carboxylic acids is 1. The van der Waals surface area contributed by atoms with Crippen LogP contribution >= 0.6 is 11.8 Å². The summed E-state index contributed by atoms with van der Waals surface area (Å²) in [7, 11) is -4.04. The molecule has 196 valence electrons. The van der Waals surface area contributed by atoms with E-state index in [9.17, 15) is 18.3 Å². The first-order valence-electron chi connectivity index (χ1n) is 12.2. The van der Waals surface area contributed by atoms with E-state index in [1.54, 1.807) is 48.2 Å². The van der Waals surface area contributed by atoms with Crippen LogP contribution in [0.1, 0.15) is 41.3 Å². The van der Waals surface area contributed by atoms with Gasteiger partial charge in [0.25, 0.3) is 10.0 Å². The molecule has 0 fully saturated rings. The minimum Gasteiger partial charge on any atom is -0.478 e. The van der Waals surface area contributed by atoms with Crippen LogP contribution in [0.2, 0.25) is 0 Å². The molecule has 2 N–H and O–H groups in total. The van der Waals surface area contributed by atoms with Crippen LogP contribution in [0.25, 0.3) is 0 Å². The normalized spacial score (nSPS) is 11.3. The maximum atomic E-state index is 13.2. The molecule has 38 heavy (non-hydrogen) atoms. The van der Waals surface area contributed by atoms with Crippen molar-refractivity contribution >= 4 is 33.4 Å². The van der Waals surface area contributed by atoms with Crippen LogP contribution in [-0.4, -0.2) is 25.2 Å². The summed E-state index contributed by atoms with van der Waals surface area (Å²) in [6.45, 7) is 4.00. The highest BCUT2D eigenvalue weighted by Crippen LogP contribution is 2.35. The maximum Gasteiger partial charge on any atom is 0.337 e. The first-order valence-corrected chi connectivity index (χ1v) is 14.6. The van der Waals surface area contributed by atoms with Crippen LogP contribution in [0.3, 0.4) is 0 Å². The third-order valence-electron chi connectivity index (χ3n) is 5.85. The molecule has 0 saturated heterocycles. The first-order chi connectivity index (χ1) is 18.2. The largest absolute Gasteiger partial charge is 0.478 e. The highest BCUT2D eigenvalue weighted by molar-refractivity contribution is 7.99. The summed E-state index contributed by atoms with van der Waals surface area (Å²) in [4.78, 5) is 13.0. The van der Waals surface area contributed by atoms with Crippen molar-refractivity contribution in [3.05, 3.63) is 114 Å². The average molecular weight is 548 g/mol. The van der Waals surface area contributed by atoms with Crippen molar-refractivity contribution in [2.75, 3.05) is 10.5 Å². The number of carboxylic acid groups (broad SMARTS) is 1. The molecule has 0 aliphatic rings. The predicted octanol–water partition coefficient (Wildman–Crippen LogP) is 7.44. The Kier molecular flexibility index (Phi) is 8.76. The van der Waals surface area contributed by atoms with Crippen LogP contribution in [0.5, 0.6) is 11.5 Å². The van der Waals surface area contributed by atoms with Crippen LogP contribution in [-0.2, 0) is 16.4 Å². The second kappa shape index (κ2) is 12.2. The lowest BCUT2D eigenvalue weighted by Gasteiger charge is -2.18. The number of para-hydroxylation sites is 1. The molecular weight excluding hydrogens is 518 g/mol. The summed E-state index contributed by atoms with van der Waals surface area (Å²) in [6, 6.07) is 28.4. The number of aryl methyl sites for hydroxylation is 1. The Morgan fingerprint density at radius 2 is 1.50 bits per heavy atom. The Hall–Kier alpha value is -3.75. The minimum atomic E-state index is -4.04. The molecule has 8 heteroatoms. The Labute approximate surface area is 227 Å². The van der Waals surface area contributed by atoms with E-state index in [1.165, 1.54) is 17.7 Å². The van der Waals surface area contributed by atoms with Gasteiger partial charge in [0.05, 0.1) is 16.1 Å². The van der Waals surface area contributed by atoms with E-state index in [0.717, 1.165) is 22.6 Å². The molecule has 4 aromatic rings. The van der Waals surface area contributed by atoms with E-state index in [4.69, 9.17) is 4.74 Å². The lowest BCUT2D eigenvalue weighted by atomic mass is 10.00. The summed E-state index contributed by atoms with van der Waals surface area (Å²) in [5.74, 6) is 0.755. The number of aromatic carboxylic acids is 1. The van der Waals surface area contributed by atoms with Crippen molar-refractivity contribution < 1.29 is 23.1 Å². The lowest BCUT2D eigenvalue weighted by molar-refractivity contribution is 0.0697. The molecule has 0 amide bonds. The number of hydrogen-bond donors (Lipinski definition) is 2. The van der Waals surface area contributed by atoms with E-state index in [0.29, 0.717) is 11.5 Å². The highest BCUT2D eigenvalue weighted by Gasteiger charge is 2.22. The molecule has 0 atom stereocenters. The molecule has 0 radical (unpaired) electrons. The fourth-order valence-electron chi connectivity index (χ4n) is 3.87. The molecule has 0 aliphatic heterocycles. The van der Waals surface area contributed by atoms with E-state index < -0.39 is 16.0 Å². The van der Waals surface area contributed by atoms with Gasteiger partial charge < -0.3 is 9.84 Å². The zero-order valence-corrected chi connectivity index (χ0v) is 22.8. The third kappa shape index (κ3) is 6.96. The number of sulfonamides is 1. The Morgan fingerprint density at radius 3 is 2.11 bits per heavy atom. The van der Waals surface area contributed by atoms with Crippen LogP contribution in [0, 0.1) is 0 Å². The van der Waals surface area contributed by atoms with E-state index >= 15 is 0 Å². The second-order valence-electron chi connectivity index (χ2n) is 8.97. The third-order valence-corrected chi connectivity index (χ3v) is 8.30. The predicted molar refractivity (Wildman–Crippen MR) is 152 cm³/mol. The van der Waals surface area contributed by atoms with E-state index in [1.807, 2.05) is 50.2 Å². The van der Waals surface area contributed by atoms with Gasteiger partial charge in [0.2, 0.25) is 0 Å². The number of ether oxygens (including phenoxy) is 1. The highest BCUT2D eigenvalue weighted by atomic mass is 32.2. The molecule has 0 spiro atoms. The van der Waals surface area contributed by atoms with Crippen LogP contribution in [0.4, 0.5) is 5.69 Å². The Balaban J connectivity index is 1.56. The number of benzene rings is 4. The van der Waals surface area contributed by atoms with Gasteiger partial charge in [0.1, 0.15) is 11.5 Å². The van der Waals surface area contributed by atoms with Crippen molar-refractivity contribution in [2.45, 2.75) is 36.0 Å². The fraction of sp³-hybridized carbons (Fsp3) is 0.167. The van der Waals surface area contributed by atoms with Crippen molar-refractivity contribution in [3.8, 4) is 11.5 Å². The number of carbonyl (C=O) groups is 1. The summed E-state index contributed by atoms with van der Waals surface area (Å²) >= 11 is 1.57. The SMILES string of the molecule is CC(C)c1cc(NS(=O)(=O)c2ccc(Oc3ccccc3)cc2)c(C(=O)O)cc1SCCc1ccccc1. The average Bonchev–Trinajstić information content (AvgIpc) is 2.90. The van der Waals surface area contributed by atoms with Gasteiger partial charge in [-0.15, -0.1) is 11.8 Å². The van der Waals surface area contributed by atoms with Gasteiger partial charge >= 0.3 is 5.97 Å². The Bertz CT molecular complexity index is 1490. The van der Waals surface area contributed by atoms with Gasteiger partial charge in [0.15, 0.2) is 0 Å².